The Balaban J connectivity index is 1.69. The van der Waals surface area contributed by atoms with Crippen LogP contribution in [-0.4, -0.2) is 50.1 Å². The number of aromatic nitrogens is 3. The van der Waals surface area contributed by atoms with Crippen molar-refractivity contribution in [2.75, 3.05) is 18.4 Å². The van der Waals surface area contributed by atoms with E-state index < -0.39 is 6.10 Å². The van der Waals surface area contributed by atoms with Crippen LogP contribution in [0.2, 0.25) is 0 Å². The van der Waals surface area contributed by atoms with Crippen LogP contribution in [0.3, 0.4) is 0 Å². The number of amides is 1. The van der Waals surface area contributed by atoms with Gasteiger partial charge in [-0.2, -0.15) is 0 Å². The summed E-state index contributed by atoms with van der Waals surface area (Å²) in [6.07, 6.45) is 3.67. The van der Waals surface area contributed by atoms with Crippen LogP contribution in [-0.2, 0) is 0 Å². The van der Waals surface area contributed by atoms with Crippen LogP contribution in [0, 0.1) is 6.92 Å². The molecule has 0 aromatic carbocycles. The first-order valence-electron chi connectivity index (χ1n) is 8.93. The highest BCUT2D eigenvalue weighted by atomic mass is 32.1. The average molecular weight is 383 g/mol. The van der Waals surface area contributed by atoms with Crippen molar-refractivity contribution < 1.29 is 9.90 Å². The van der Waals surface area contributed by atoms with Crippen molar-refractivity contribution in [3.05, 3.63) is 46.7 Å². The lowest BCUT2D eigenvalue weighted by Gasteiger charge is -2.17. The average Bonchev–Trinajstić information content (AvgIpc) is 3.26. The van der Waals surface area contributed by atoms with Gasteiger partial charge >= 0.3 is 0 Å². The molecule has 0 saturated carbocycles. The third-order valence-corrected chi connectivity index (χ3v) is 5.72. The van der Waals surface area contributed by atoms with Gasteiger partial charge in [0.15, 0.2) is 5.69 Å². The zero-order valence-electron chi connectivity index (χ0n) is 15.2. The van der Waals surface area contributed by atoms with Crippen LogP contribution in [0.15, 0.2) is 30.6 Å². The lowest BCUT2D eigenvalue weighted by atomic mass is 10.1. The minimum absolute atomic E-state index is 0.0487. The Bertz CT molecular complexity index is 975. The molecule has 1 aliphatic heterocycles. The van der Waals surface area contributed by atoms with Gasteiger partial charge in [-0.15, -0.1) is 11.3 Å². The molecule has 1 saturated heterocycles. The van der Waals surface area contributed by atoms with Crippen LogP contribution in [0.4, 0.5) is 5.95 Å². The van der Waals surface area contributed by atoms with E-state index in [0.29, 0.717) is 31.2 Å². The first kappa shape index (κ1) is 17.8. The van der Waals surface area contributed by atoms with Crippen LogP contribution in [0.25, 0.3) is 10.2 Å². The predicted octanol–water partition coefficient (Wildman–Crippen LogP) is 2.77. The minimum Gasteiger partial charge on any atom is -0.391 e. The summed E-state index contributed by atoms with van der Waals surface area (Å²) in [5, 5.41) is 13.0. The van der Waals surface area contributed by atoms with E-state index in [1.54, 1.807) is 17.3 Å². The summed E-state index contributed by atoms with van der Waals surface area (Å²) < 4.78 is 0.790. The maximum Gasteiger partial charge on any atom is 0.274 e. The molecule has 0 spiro atoms. The van der Waals surface area contributed by atoms with Crippen LogP contribution >= 0.6 is 11.3 Å². The zero-order chi connectivity index (χ0) is 19.0. The summed E-state index contributed by atoms with van der Waals surface area (Å²) in [6, 6.07) is 5.78. The monoisotopic (exact) mass is 383 g/mol. The number of rotatable bonds is 4. The molecule has 2 N–H and O–H groups in total. The van der Waals surface area contributed by atoms with Crippen molar-refractivity contribution in [2.45, 2.75) is 32.4 Å². The van der Waals surface area contributed by atoms with Gasteiger partial charge in [0.05, 0.1) is 22.4 Å². The van der Waals surface area contributed by atoms with E-state index in [1.165, 1.54) is 11.3 Å². The number of likely N-dealkylation sites (tertiary alicyclic amines) is 1. The highest BCUT2D eigenvalue weighted by molar-refractivity contribution is 7.19. The standard InChI is InChI=1S/C19H21N5O2S/c1-11-8-15-17(27-11)16(18(26)24-7-5-14(25)10-24)23-19(22-15)21-12(2)13-4-3-6-20-9-13/h3-4,6,8-9,12,14,25H,5,7,10H2,1-2H3,(H,21,22,23). The predicted molar refractivity (Wildman–Crippen MR) is 105 cm³/mol. The van der Waals surface area contributed by atoms with Gasteiger partial charge in [-0.1, -0.05) is 6.07 Å². The Hall–Kier alpha value is -2.58. The second-order valence-electron chi connectivity index (χ2n) is 6.81. The molecule has 3 aromatic heterocycles. The lowest BCUT2D eigenvalue weighted by Crippen LogP contribution is -2.30. The number of hydrogen-bond donors (Lipinski definition) is 2. The summed E-state index contributed by atoms with van der Waals surface area (Å²) in [6.45, 7) is 4.89. The van der Waals surface area contributed by atoms with Gasteiger partial charge in [-0.05, 0) is 38.0 Å². The number of carbonyl (C=O) groups is 1. The van der Waals surface area contributed by atoms with Gasteiger partial charge in [0, 0.05) is 30.4 Å². The number of fused-ring (bicyclic) bond motifs is 1. The molecule has 4 rings (SSSR count). The zero-order valence-corrected chi connectivity index (χ0v) is 16.0. The molecular formula is C19H21N5O2S. The van der Waals surface area contributed by atoms with Gasteiger partial charge in [-0.3, -0.25) is 9.78 Å². The highest BCUT2D eigenvalue weighted by Gasteiger charge is 2.28. The molecule has 27 heavy (non-hydrogen) atoms. The number of aliphatic hydroxyl groups excluding tert-OH is 1. The Morgan fingerprint density at radius 1 is 1.44 bits per heavy atom. The molecule has 1 aliphatic rings. The first-order chi connectivity index (χ1) is 13.0. The van der Waals surface area contributed by atoms with E-state index in [2.05, 4.69) is 20.3 Å². The number of aliphatic hydroxyl groups is 1. The van der Waals surface area contributed by atoms with Crippen molar-refractivity contribution in [1.82, 2.24) is 19.9 Å². The van der Waals surface area contributed by atoms with Gasteiger partial charge in [0.1, 0.15) is 0 Å². The second-order valence-corrected chi connectivity index (χ2v) is 8.07. The maximum absolute atomic E-state index is 13.0. The molecule has 1 amide bonds. The molecule has 140 valence electrons. The molecule has 2 atom stereocenters. The maximum atomic E-state index is 13.0. The van der Waals surface area contributed by atoms with E-state index in [9.17, 15) is 9.90 Å². The summed E-state index contributed by atoms with van der Waals surface area (Å²) in [4.78, 5) is 29.0. The number of aryl methyl sites for hydroxylation is 1. The van der Waals surface area contributed by atoms with Crippen LogP contribution in [0.1, 0.15) is 40.3 Å². The summed E-state index contributed by atoms with van der Waals surface area (Å²) in [5.41, 5.74) is 2.17. The molecule has 2 unspecified atom stereocenters. The van der Waals surface area contributed by atoms with Gasteiger partial charge in [0.25, 0.3) is 5.91 Å². The fourth-order valence-corrected chi connectivity index (χ4v) is 4.18. The molecule has 0 aliphatic carbocycles. The quantitative estimate of drug-likeness (QED) is 0.720. The van der Waals surface area contributed by atoms with E-state index in [0.717, 1.165) is 20.7 Å². The molecular weight excluding hydrogens is 362 g/mol. The van der Waals surface area contributed by atoms with Crippen molar-refractivity contribution in [3.63, 3.8) is 0 Å². The Labute approximate surface area is 161 Å². The smallest absolute Gasteiger partial charge is 0.274 e. The fraction of sp³-hybridized carbons (Fsp3) is 0.368. The number of nitrogens with zero attached hydrogens (tertiary/aromatic N) is 4. The largest absolute Gasteiger partial charge is 0.391 e. The first-order valence-corrected chi connectivity index (χ1v) is 9.75. The number of β-amino-alcohol motifs (C(OH)–C–C–N with tert-alkyl or cyclic N) is 1. The molecule has 1 fully saturated rings. The van der Waals surface area contributed by atoms with E-state index in [-0.39, 0.29) is 11.9 Å². The van der Waals surface area contributed by atoms with Crippen LogP contribution in [0.5, 0.6) is 0 Å². The Morgan fingerprint density at radius 2 is 2.30 bits per heavy atom. The summed E-state index contributed by atoms with van der Waals surface area (Å²) in [5.74, 6) is 0.262. The number of carbonyl (C=O) groups excluding carboxylic acids is 1. The SMILES string of the molecule is Cc1cc2nc(NC(C)c3cccnc3)nc(C(=O)N3CCC(O)C3)c2s1. The summed E-state index contributed by atoms with van der Waals surface area (Å²) >= 11 is 1.52. The Kier molecular flexibility index (Phi) is 4.75. The van der Waals surface area contributed by atoms with Crippen molar-refractivity contribution >= 4 is 33.4 Å². The number of hydrogen-bond acceptors (Lipinski definition) is 7. The third kappa shape index (κ3) is 3.63. The number of thiophene rings is 1. The topological polar surface area (TPSA) is 91.2 Å². The normalized spacial score (nSPS) is 18.0. The van der Waals surface area contributed by atoms with Crippen molar-refractivity contribution in [2.24, 2.45) is 0 Å². The minimum atomic E-state index is -0.459. The van der Waals surface area contributed by atoms with Gasteiger partial charge in [-0.25, -0.2) is 9.97 Å². The van der Waals surface area contributed by atoms with E-state index in [4.69, 9.17) is 0 Å². The number of pyridine rings is 1. The molecule has 4 heterocycles. The fourth-order valence-electron chi connectivity index (χ4n) is 3.24. The van der Waals surface area contributed by atoms with Gasteiger partial charge < -0.3 is 15.3 Å². The number of anilines is 1. The summed E-state index contributed by atoms with van der Waals surface area (Å²) in [7, 11) is 0. The van der Waals surface area contributed by atoms with E-state index >= 15 is 0 Å². The molecule has 0 radical (unpaired) electrons. The van der Waals surface area contributed by atoms with Gasteiger partial charge in [0.2, 0.25) is 5.95 Å². The molecule has 0 bridgehead atoms. The Morgan fingerprint density at radius 3 is 3.00 bits per heavy atom. The van der Waals surface area contributed by atoms with Crippen LogP contribution < -0.4 is 5.32 Å². The van der Waals surface area contributed by atoms with E-state index in [1.807, 2.05) is 32.0 Å². The molecule has 8 heteroatoms. The lowest BCUT2D eigenvalue weighted by molar-refractivity contribution is 0.0761. The molecule has 7 nitrogen and oxygen atoms in total. The van der Waals surface area contributed by atoms with Crippen molar-refractivity contribution in [1.29, 1.82) is 0 Å². The van der Waals surface area contributed by atoms with Crippen molar-refractivity contribution in [3.8, 4) is 0 Å². The third-order valence-electron chi connectivity index (χ3n) is 4.68. The highest BCUT2D eigenvalue weighted by Crippen LogP contribution is 2.29. The second kappa shape index (κ2) is 7.21. The molecule has 3 aromatic rings. The number of nitrogens with one attached hydrogen (secondary N) is 1.